The maximum atomic E-state index is 14.1. The van der Waals surface area contributed by atoms with E-state index < -0.39 is 19.7 Å². The first kappa shape index (κ1) is 11.6. The molecule has 92 valence electrons. The maximum absolute atomic E-state index is 14.1. The molecule has 0 fully saturated rings. The van der Waals surface area contributed by atoms with Crippen LogP contribution in [0.5, 0.6) is 0 Å². The molecule has 2 aromatic rings. The molecule has 0 radical (unpaired) electrons. The van der Waals surface area contributed by atoms with Gasteiger partial charge in [0.2, 0.25) is 0 Å². The summed E-state index contributed by atoms with van der Waals surface area (Å²) in [7, 11) is -1.95. The van der Waals surface area contributed by atoms with Crippen LogP contribution < -0.4 is 10.4 Å². The maximum Gasteiger partial charge on any atom is 0.133 e. The first-order valence-corrected chi connectivity index (χ1v) is 9.02. The lowest BCUT2D eigenvalue weighted by Crippen LogP contribution is -2.49. The minimum Gasteiger partial charge on any atom is -0.207 e. The van der Waals surface area contributed by atoms with Gasteiger partial charge in [0.25, 0.3) is 0 Å². The van der Waals surface area contributed by atoms with Gasteiger partial charge in [0.05, 0.1) is 0 Å². The van der Waals surface area contributed by atoms with Crippen molar-refractivity contribution in [3.8, 4) is 11.1 Å². The van der Waals surface area contributed by atoms with Crippen LogP contribution in [0.2, 0.25) is 13.1 Å². The molecule has 0 aliphatic carbocycles. The zero-order valence-electron chi connectivity index (χ0n) is 10.6. The topological polar surface area (TPSA) is 0 Å². The number of aryl methyl sites for hydroxylation is 1. The number of fused-ring (bicyclic) bond motifs is 3. The van der Waals surface area contributed by atoms with Crippen molar-refractivity contribution in [3.05, 3.63) is 47.5 Å². The van der Waals surface area contributed by atoms with Gasteiger partial charge in [0.15, 0.2) is 0 Å². The molecule has 0 bridgehead atoms. The van der Waals surface area contributed by atoms with E-state index in [-0.39, 0.29) is 0 Å². The number of rotatable bonds is 0. The van der Waals surface area contributed by atoms with E-state index in [0.29, 0.717) is 5.56 Å². The Morgan fingerprint density at radius 3 is 2.39 bits per heavy atom. The fraction of sp³-hybridized carbons (Fsp3) is 0.200. The Balaban J connectivity index is 2.44. The highest BCUT2D eigenvalue weighted by molar-refractivity contribution is 7.03. The van der Waals surface area contributed by atoms with Crippen molar-refractivity contribution < 1.29 is 8.78 Å². The van der Waals surface area contributed by atoms with E-state index in [9.17, 15) is 8.78 Å². The van der Waals surface area contributed by atoms with Crippen LogP contribution in [0.4, 0.5) is 8.78 Å². The first-order chi connectivity index (χ1) is 8.41. The molecule has 1 heterocycles. The van der Waals surface area contributed by atoms with Gasteiger partial charge in [-0.1, -0.05) is 36.9 Å². The van der Waals surface area contributed by atoms with Gasteiger partial charge in [0, 0.05) is 11.6 Å². The van der Waals surface area contributed by atoms with Crippen LogP contribution in [-0.2, 0) is 0 Å². The molecule has 0 saturated heterocycles. The van der Waals surface area contributed by atoms with Crippen molar-refractivity contribution in [3.63, 3.8) is 0 Å². The third-order valence-corrected chi connectivity index (χ3v) is 7.37. The highest BCUT2D eigenvalue weighted by Crippen LogP contribution is 2.31. The van der Waals surface area contributed by atoms with Gasteiger partial charge in [-0.15, -0.1) is 0 Å². The zero-order chi connectivity index (χ0) is 13.1. The quantitative estimate of drug-likeness (QED) is 0.639. The summed E-state index contributed by atoms with van der Waals surface area (Å²) in [6.07, 6.45) is 0. The minimum atomic E-state index is -1.95. The number of halogens is 2. The summed E-state index contributed by atoms with van der Waals surface area (Å²) in [4.78, 5) is 0. The van der Waals surface area contributed by atoms with Crippen molar-refractivity contribution in [1.82, 2.24) is 0 Å². The molecule has 18 heavy (non-hydrogen) atoms. The second-order valence-electron chi connectivity index (χ2n) is 5.48. The summed E-state index contributed by atoms with van der Waals surface area (Å²) in [5.41, 5.74) is 2.68. The molecule has 3 rings (SSSR count). The molecule has 0 aromatic heterocycles. The Morgan fingerprint density at radius 2 is 1.67 bits per heavy atom. The summed E-state index contributed by atoms with van der Waals surface area (Å²) in [5.74, 6) is -0.911. The van der Waals surface area contributed by atoms with E-state index in [1.165, 1.54) is 11.3 Å². The molecule has 1 aliphatic heterocycles. The molecule has 2 aromatic carbocycles. The minimum absolute atomic E-state index is 0.435. The fourth-order valence-corrected chi connectivity index (χ4v) is 5.93. The molecule has 3 heteroatoms. The Hall–Kier alpha value is -1.48. The Morgan fingerprint density at radius 1 is 0.944 bits per heavy atom. The standard InChI is InChI=1S/C15H14F2Si/c1-9-4-5-13-11(6-9)15-12(17)7-10(16)8-14(15)18(13,2)3/h4-8H,1-3H3. The highest BCUT2D eigenvalue weighted by atomic mass is 28.3. The third kappa shape index (κ3) is 1.40. The molecular weight excluding hydrogens is 246 g/mol. The lowest BCUT2D eigenvalue weighted by atomic mass is 10.0. The van der Waals surface area contributed by atoms with Crippen molar-refractivity contribution in [2.45, 2.75) is 20.0 Å². The third-order valence-electron chi connectivity index (χ3n) is 3.85. The smallest absolute Gasteiger partial charge is 0.133 e. The van der Waals surface area contributed by atoms with Gasteiger partial charge in [-0.05, 0) is 28.9 Å². The van der Waals surface area contributed by atoms with Crippen LogP contribution in [0.3, 0.4) is 0 Å². The fourth-order valence-electron chi connectivity index (χ4n) is 2.90. The monoisotopic (exact) mass is 260 g/mol. The van der Waals surface area contributed by atoms with Crippen LogP contribution in [0, 0.1) is 18.6 Å². The molecular formula is C15H14F2Si. The summed E-state index contributed by atoms with van der Waals surface area (Å²) >= 11 is 0. The van der Waals surface area contributed by atoms with E-state index >= 15 is 0 Å². The average molecular weight is 260 g/mol. The first-order valence-electron chi connectivity index (χ1n) is 6.02. The van der Waals surface area contributed by atoms with Gasteiger partial charge in [0.1, 0.15) is 19.7 Å². The molecule has 0 atom stereocenters. The van der Waals surface area contributed by atoms with Gasteiger partial charge in [-0.3, -0.25) is 0 Å². The lowest BCUT2D eigenvalue weighted by molar-refractivity contribution is 0.587. The van der Waals surface area contributed by atoms with Crippen LogP contribution in [0.15, 0.2) is 30.3 Å². The normalized spacial score (nSPS) is 15.4. The van der Waals surface area contributed by atoms with Crippen LogP contribution in [0.1, 0.15) is 5.56 Å². The summed E-state index contributed by atoms with van der Waals surface area (Å²) in [5, 5.41) is 2.08. The van der Waals surface area contributed by atoms with E-state index in [4.69, 9.17) is 0 Å². The van der Waals surface area contributed by atoms with E-state index in [2.05, 4.69) is 19.2 Å². The predicted octanol–water partition coefficient (Wildman–Crippen LogP) is 3.08. The molecule has 0 nitrogen and oxygen atoms in total. The van der Waals surface area contributed by atoms with Gasteiger partial charge in [-0.2, -0.15) is 0 Å². The molecule has 0 saturated carbocycles. The van der Waals surface area contributed by atoms with E-state index in [1.807, 2.05) is 19.1 Å². The number of benzene rings is 2. The SMILES string of the molecule is Cc1ccc2c(c1)-c1c(F)cc(F)cc1[Si]2(C)C. The van der Waals surface area contributed by atoms with Crippen LogP contribution in [-0.4, -0.2) is 8.07 Å². The van der Waals surface area contributed by atoms with Gasteiger partial charge >= 0.3 is 0 Å². The number of hydrogen-bond acceptors (Lipinski definition) is 0. The predicted molar refractivity (Wildman–Crippen MR) is 73.3 cm³/mol. The lowest BCUT2D eigenvalue weighted by Gasteiger charge is -2.18. The van der Waals surface area contributed by atoms with Crippen molar-refractivity contribution >= 4 is 18.4 Å². The Labute approximate surface area is 106 Å². The molecule has 0 unspecified atom stereocenters. The van der Waals surface area contributed by atoms with E-state index in [0.717, 1.165) is 22.4 Å². The molecule has 0 spiro atoms. The highest BCUT2D eigenvalue weighted by Gasteiger charge is 2.39. The van der Waals surface area contributed by atoms with Crippen LogP contribution in [0.25, 0.3) is 11.1 Å². The summed E-state index contributed by atoms with van der Waals surface area (Å²) in [6, 6.07) is 8.64. The average Bonchev–Trinajstić information content (AvgIpc) is 2.47. The van der Waals surface area contributed by atoms with Gasteiger partial charge in [-0.25, -0.2) is 8.78 Å². The summed E-state index contributed by atoms with van der Waals surface area (Å²) < 4.78 is 27.5. The van der Waals surface area contributed by atoms with Gasteiger partial charge < -0.3 is 0 Å². The number of hydrogen-bond donors (Lipinski definition) is 0. The zero-order valence-corrected chi connectivity index (χ0v) is 11.6. The summed E-state index contributed by atoms with van der Waals surface area (Å²) in [6.45, 7) is 6.28. The van der Waals surface area contributed by atoms with Crippen molar-refractivity contribution in [1.29, 1.82) is 0 Å². The molecule has 0 amide bonds. The molecule has 0 N–H and O–H groups in total. The van der Waals surface area contributed by atoms with Crippen molar-refractivity contribution in [2.24, 2.45) is 0 Å². The largest absolute Gasteiger partial charge is 0.207 e. The van der Waals surface area contributed by atoms with Crippen molar-refractivity contribution in [2.75, 3.05) is 0 Å². The molecule has 1 aliphatic rings. The second kappa shape index (κ2) is 3.51. The van der Waals surface area contributed by atoms with E-state index in [1.54, 1.807) is 0 Å². The Kier molecular flexibility index (Phi) is 2.26. The second-order valence-corrected chi connectivity index (χ2v) is 9.81. The Bertz CT molecular complexity index is 660. The van der Waals surface area contributed by atoms with Crippen LogP contribution >= 0.6 is 0 Å².